The monoisotopic (exact) mass is 423 g/mol. The molecule has 1 saturated heterocycles. The number of nitrogens with one attached hydrogen (secondary N) is 3. The maximum atomic E-state index is 12.8. The Balaban J connectivity index is 0.00000300. The third-order valence-corrected chi connectivity index (χ3v) is 5.27. The van der Waals surface area contributed by atoms with Crippen LogP contribution in [0.5, 0.6) is 5.75 Å². The van der Waals surface area contributed by atoms with Crippen molar-refractivity contribution >= 4 is 28.5 Å². The smallest absolute Gasteiger partial charge is 0.356 e. The molecule has 0 radical (unpaired) electrons. The number of benzene rings is 1. The molecule has 2 heterocycles. The van der Waals surface area contributed by atoms with Crippen LogP contribution in [0.3, 0.4) is 0 Å². The number of anilines is 1. The molecule has 1 unspecified atom stereocenters. The number of hydrogen-bond acceptors (Lipinski definition) is 4. The SMILES string of the molecule is CCOC(=O)c1[nH]c2ccc(OC)cc2c1NC(=O)C[NH+]1CCCC(C)(C)C1.[Cl-]. The predicted octanol–water partition coefficient (Wildman–Crippen LogP) is -0.999. The van der Waals surface area contributed by atoms with Crippen molar-refractivity contribution in [2.75, 3.05) is 38.7 Å². The number of carbonyl (C=O) groups is 2. The maximum absolute atomic E-state index is 12.8. The zero-order valence-electron chi connectivity index (χ0n) is 17.5. The van der Waals surface area contributed by atoms with E-state index in [1.807, 2.05) is 6.07 Å². The second-order valence-electron chi connectivity index (χ2n) is 8.18. The average Bonchev–Trinajstić information content (AvgIpc) is 2.98. The zero-order valence-corrected chi connectivity index (χ0v) is 18.2. The summed E-state index contributed by atoms with van der Waals surface area (Å²) in [6.45, 7) is 8.84. The van der Waals surface area contributed by atoms with Crippen molar-refractivity contribution < 1.29 is 36.4 Å². The number of fused-ring (bicyclic) bond motifs is 1. The van der Waals surface area contributed by atoms with Gasteiger partial charge in [0, 0.05) is 16.3 Å². The van der Waals surface area contributed by atoms with Crippen LogP contribution in [0, 0.1) is 5.41 Å². The number of carbonyl (C=O) groups excluding carboxylic acids is 2. The molecule has 1 aromatic heterocycles. The van der Waals surface area contributed by atoms with E-state index < -0.39 is 5.97 Å². The molecule has 0 saturated carbocycles. The van der Waals surface area contributed by atoms with Crippen LogP contribution in [-0.4, -0.2) is 50.2 Å². The van der Waals surface area contributed by atoms with E-state index in [1.165, 1.54) is 11.3 Å². The standard InChI is InChI=1S/C21H29N3O4.ClH/c1-5-28-20(26)19-18(15-11-14(27-4)7-8-16(15)22-19)23-17(25)12-24-10-6-9-21(2,3)13-24;/h7-8,11,22H,5-6,9-10,12-13H2,1-4H3,(H,23,25);1H. The third kappa shape index (κ3) is 5.42. The lowest BCUT2D eigenvalue weighted by atomic mass is 9.84. The number of quaternary nitrogens is 1. The van der Waals surface area contributed by atoms with Gasteiger partial charge in [-0.05, 0) is 38.0 Å². The van der Waals surface area contributed by atoms with E-state index in [0.29, 0.717) is 18.0 Å². The molecule has 1 aromatic carbocycles. The van der Waals surface area contributed by atoms with E-state index >= 15 is 0 Å². The Morgan fingerprint density at radius 3 is 2.72 bits per heavy atom. The molecule has 0 bridgehead atoms. The lowest BCUT2D eigenvalue weighted by molar-refractivity contribution is -0.904. The lowest BCUT2D eigenvalue weighted by Gasteiger charge is -2.34. The second-order valence-corrected chi connectivity index (χ2v) is 8.18. The number of piperidine rings is 1. The van der Waals surface area contributed by atoms with Gasteiger partial charge in [-0.15, -0.1) is 0 Å². The number of H-pyrrole nitrogens is 1. The fourth-order valence-electron chi connectivity index (χ4n) is 4.02. The molecular formula is C21H30ClN3O4. The highest BCUT2D eigenvalue weighted by molar-refractivity contribution is 6.11. The number of methoxy groups -OCH3 is 1. The normalized spacial score (nSPS) is 18.0. The van der Waals surface area contributed by atoms with Gasteiger partial charge in [0.15, 0.2) is 6.54 Å². The van der Waals surface area contributed by atoms with Crippen LogP contribution in [0.4, 0.5) is 5.69 Å². The molecule has 8 heteroatoms. The first kappa shape index (κ1) is 23.0. The summed E-state index contributed by atoms with van der Waals surface area (Å²) >= 11 is 0. The Labute approximate surface area is 177 Å². The average molecular weight is 424 g/mol. The summed E-state index contributed by atoms with van der Waals surface area (Å²) in [6.07, 6.45) is 2.31. The Morgan fingerprint density at radius 2 is 2.07 bits per heavy atom. The molecule has 29 heavy (non-hydrogen) atoms. The van der Waals surface area contributed by atoms with Gasteiger partial charge in [-0.1, -0.05) is 13.8 Å². The van der Waals surface area contributed by atoms with Crippen molar-refractivity contribution in [3.63, 3.8) is 0 Å². The van der Waals surface area contributed by atoms with Crippen LogP contribution in [0.25, 0.3) is 10.9 Å². The molecule has 1 fully saturated rings. The number of hydrogen-bond donors (Lipinski definition) is 3. The molecule has 1 atom stereocenters. The van der Waals surface area contributed by atoms with Crippen molar-refractivity contribution in [3.8, 4) is 5.75 Å². The molecule has 160 valence electrons. The molecule has 0 aliphatic carbocycles. The second kappa shape index (κ2) is 9.50. The Hall–Kier alpha value is -2.25. The minimum absolute atomic E-state index is 0. The summed E-state index contributed by atoms with van der Waals surface area (Å²) in [5.41, 5.74) is 1.70. The van der Waals surface area contributed by atoms with Crippen LogP contribution in [0.2, 0.25) is 0 Å². The Kier molecular flexibility index (Phi) is 7.54. The lowest BCUT2D eigenvalue weighted by Crippen LogP contribution is -3.15. The van der Waals surface area contributed by atoms with E-state index in [2.05, 4.69) is 24.1 Å². The van der Waals surface area contributed by atoms with Gasteiger partial charge in [0.1, 0.15) is 11.4 Å². The molecule has 3 rings (SSSR count). The molecule has 1 amide bonds. The number of likely N-dealkylation sites (tertiary alicyclic amines) is 1. The number of esters is 1. The maximum Gasteiger partial charge on any atom is 0.356 e. The van der Waals surface area contributed by atoms with E-state index in [-0.39, 0.29) is 36.0 Å². The van der Waals surface area contributed by atoms with Gasteiger partial charge >= 0.3 is 5.97 Å². The van der Waals surface area contributed by atoms with Gasteiger partial charge in [0.25, 0.3) is 5.91 Å². The van der Waals surface area contributed by atoms with Crippen LogP contribution < -0.4 is 27.4 Å². The molecule has 1 aliphatic rings. The highest BCUT2D eigenvalue weighted by Crippen LogP contribution is 2.31. The van der Waals surface area contributed by atoms with Gasteiger partial charge in [-0.25, -0.2) is 4.79 Å². The molecular weight excluding hydrogens is 394 g/mol. The minimum Gasteiger partial charge on any atom is -1.00 e. The number of aromatic nitrogens is 1. The van der Waals surface area contributed by atoms with E-state index in [1.54, 1.807) is 26.2 Å². The van der Waals surface area contributed by atoms with Crippen molar-refractivity contribution in [1.82, 2.24) is 4.98 Å². The third-order valence-electron chi connectivity index (χ3n) is 5.27. The largest absolute Gasteiger partial charge is 1.00 e. The van der Waals surface area contributed by atoms with Crippen LogP contribution in [0.15, 0.2) is 18.2 Å². The first-order chi connectivity index (χ1) is 13.3. The quantitative estimate of drug-likeness (QED) is 0.520. The summed E-state index contributed by atoms with van der Waals surface area (Å²) in [5.74, 6) is 0.0576. The van der Waals surface area contributed by atoms with E-state index in [0.717, 1.165) is 30.4 Å². The van der Waals surface area contributed by atoms with Gasteiger partial charge in [0.05, 0.1) is 32.5 Å². The van der Waals surface area contributed by atoms with Crippen molar-refractivity contribution in [1.29, 1.82) is 0 Å². The molecule has 3 N–H and O–H groups in total. The van der Waals surface area contributed by atoms with Gasteiger partial charge in [0.2, 0.25) is 0 Å². The topological polar surface area (TPSA) is 84.9 Å². The summed E-state index contributed by atoms with van der Waals surface area (Å²) in [6, 6.07) is 5.44. The van der Waals surface area contributed by atoms with Crippen molar-refractivity contribution in [3.05, 3.63) is 23.9 Å². The Morgan fingerprint density at radius 1 is 1.31 bits per heavy atom. The van der Waals surface area contributed by atoms with Gasteiger partial charge in [-0.3, -0.25) is 4.79 Å². The summed E-state index contributed by atoms with van der Waals surface area (Å²) in [4.78, 5) is 29.5. The minimum atomic E-state index is -0.487. The first-order valence-corrected chi connectivity index (χ1v) is 9.83. The zero-order chi connectivity index (χ0) is 20.3. The fraction of sp³-hybridized carbons (Fsp3) is 0.524. The number of aromatic amines is 1. The van der Waals surface area contributed by atoms with Crippen LogP contribution in [0.1, 0.15) is 44.1 Å². The number of rotatable bonds is 6. The number of halogens is 1. The van der Waals surface area contributed by atoms with Crippen molar-refractivity contribution in [2.24, 2.45) is 5.41 Å². The van der Waals surface area contributed by atoms with Crippen molar-refractivity contribution in [2.45, 2.75) is 33.6 Å². The number of amides is 1. The summed E-state index contributed by atoms with van der Waals surface area (Å²) in [5, 5.41) is 3.68. The molecule has 0 spiro atoms. The predicted molar refractivity (Wildman–Crippen MR) is 108 cm³/mol. The van der Waals surface area contributed by atoms with E-state index in [4.69, 9.17) is 9.47 Å². The van der Waals surface area contributed by atoms with Gasteiger partial charge in [-0.2, -0.15) is 0 Å². The highest BCUT2D eigenvalue weighted by Gasteiger charge is 2.31. The van der Waals surface area contributed by atoms with Gasteiger partial charge < -0.3 is 37.1 Å². The van der Waals surface area contributed by atoms with Crippen LogP contribution >= 0.6 is 0 Å². The molecule has 2 aromatic rings. The summed E-state index contributed by atoms with van der Waals surface area (Å²) < 4.78 is 10.5. The number of ether oxygens (including phenoxy) is 2. The Bertz CT molecular complexity index is 878. The fourth-order valence-corrected chi connectivity index (χ4v) is 4.02. The molecule has 7 nitrogen and oxygen atoms in total. The van der Waals surface area contributed by atoms with Crippen LogP contribution in [-0.2, 0) is 9.53 Å². The highest BCUT2D eigenvalue weighted by atomic mass is 35.5. The van der Waals surface area contributed by atoms with E-state index in [9.17, 15) is 9.59 Å². The first-order valence-electron chi connectivity index (χ1n) is 9.83. The summed E-state index contributed by atoms with van der Waals surface area (Å²) in [7, 11) is 1.58. The molecule has 1 aliphatic heterocycles.